The van der Waals surface area contributed by atoms with Crippen LogP contribution in [0, 0.1) is 0 Å². The fourth-order valence-electron chi connectivity index (χ4n) is 2.67. The van der Waals surface area contributed by atoms with Crippen molar-refractivity contribution in [2.75, 3.05) is 25.0 Å². The van der Waals surface area contributed by atoms with Crippen molar-refractivity contribution >= 4 is 34.9 Å². The number of hydrogen-bond donors (Lipinski definition) is 2. The van der Waals surface area contributed by atoms with Crippen LogP contribution in [0.2, 0.25) is 0 Å². The molecule has 1 unspecified atom stereocenters. The smallest absolute Gasteiger partial charge is 0.338 e. The molecule has 1 aromatic rings. The van der Waals surface area contributed by atoms with Gasteiger partial charge in [-0.1, -0.05) is 0 Å². The molecule has 0 bridgehead atoms. The second kappa shape index (κ2) is 8.63. The lowest BCUT2D eigenvalue weighted by molar-refractivity contribution is -0.119. The molecule has 1 amide bonds. The third-order valence-corrected chi connectivity index (χ3v) is 4.12. The van der Waals surface area contributed by atoms with Crippen LogP contribution in [0.3, 0.4) is 0 Å². The summed E-state index contributed by atoms with van der Waals surface area (Å²) < 4.78 is 4.96. The molecule has 24 heavy (non-hydrogen) atoms. The first kappa shape index (κ1) is 18.2. The number of hydrogen-bond acceptors (Lipinski definition) is 4. The molecule has 0 saturated carbocycles. The van der Waals surface area contributed by atoms with Crippen molar-refractivity contribution in [3.63, 3.8) is 0 Å². The number of esters is 1. The van der Waals surface area contributed by atoms with E-state index in [0.29, 0.717) is 23.8 Å². The Labute approximate surface area is 147 Å². The van der Waals surface area contributed by atoms with Crippen LogP contribution in [-0.2, 0) is 9.53 Å². The highest BCUT2D eigenvalue weighted by atomic mass is 32.1. The van der Waals surface area contributed by atoms with Gasteiger partial charge in [0.2, 0.25) is 5.91 Å². The number of nitrogens with one attached hydrogen (secondary N) is 2. The van der Waals surface area contributed by atoms with E-state index in [4.69, 9.17) is 17.0 Å². The summed E-state index contributed by atoms with van der Waals surface area (Å²) >= 11 is 5.46. The summed E-state index contributed by atoms with van der Waals surface area (Å²) in [7, 11) is 0. The summed E-state index contributed by atoms with van der Waals surface area (Å²) in [5.41, 5.74) is 1.33. The van der Waals surface area contributed by atoms with Gasteiger partial charge in [-0.2, -0.15) is 0 Å². The van der Waals surface area contributed by atoms with E-state index in [1.54, 1.807) is 31.2 Å². The molecule has 1 fully saturated rings. The lowest BCUT2D eigenvalue weighted by Gasteiger charge is -2.34. The van der Waals surface area contributed by atoms with Gasteiger partial charge in [-0.3, -0.25) is 4.79 Å². The largest absolute Gasteiger partial charge is 0.462 e. The lowest BCUT2D eigenvalue weighted by atomic mass is 10.1. The van der Waals surface area contributed by atoms with Crippen LogP contribution in [0.4, 0.5) is 5.69 Å². The van der Waals surface area contributed by atoms with E-state index in [1.165, 1.54) is 6.92 Å². The molecule has 0 radical (unpaired) electrons. The Kier molecular flexibility index (Phi) is 6.54. The molecule has 1 heterocycles. The van der Waals surface area contributed by atoms with E-state index < -0.39 is 0 Å². The average Bonchev–Trinajstić information content (AvgIpc) is 2.55. The first-order valence-electron chi connectivity index (χ1n) is 8.09. The molecule has 1 aliphatic heterocycles. The lowest BCUT2D eigenvalue weighted by Crippen LogP contribution is -2.50. The van der Waals surface area contributed by atoms with Gasteiger partial charge in [-0.25, -0.2) is 4.79 Å². The number of ether oxygens (including phenoxy) is 1. The van der Waals surface area contributed by atoms with Crippen LogP contribution < -0.4 is 10.6 Å². The fourth-order valence-corrected chi connectivity index (χ4v) is 2.96. The minimum atomic E-state index is -0.333. The van der Waals surface area contributed by atoms with Crippen LogP contribution in [0.25, 0.3) is 0 Å². The van der Waals surface area contributed by atoms with Crippen LogP contribution in [0.15, 0.2) is 24.3 Å². The molecule has 1 aliphatic rings. The highest BCUT2D eigenvalue weighted by Crippen LogP contribution is 2.15. The predicted molar refractivity (Wildman–Crippen MR) is 97.0 cm³/mol. The summed E-state index contributed by atoms with van der Waals surface area (Å²) in [5.74, 6) is -0.351. The molecule has 2 rings (SSSR count). The molecule has 7 heteroatoms. The van der Waals surface area contributed by atoms with Gasteiger partial charge in [-0.05, 0) is 56.2 Å². The number of amides is 1. The molecule has 0 spiro atoms. The Morgan fingerprint density at radius 2 is 2.04 bits per heavy atom. The van der Waals surface area contributed by atoms with Gasteiger partial charge in [0.05, 0.1) is 12.2 Å². The van der Waals surface area contributed by atoms with Gasteiger partial charge in [-0.15, -0.1) is 0 Å². The fraction of sp³-hybridized carbons (Fsp3) is 0.471. The zero-order valence-electron chi connectivity index (χ0n) is 14.0. The number of benzene rings is 1. The zero-order chi connectivity index (χ0) is 17.5. The number of rotatable bonds is 4. The monoisotopic (exact) mass is 349 g/mol. The zero-order valence-corrected chi connectivity index (χ0v) is 14.8. The topological polar surface area (TPSA) is 70.7 Å². The van der Waals surface area contributed by atoms with Crippen LogP contribution in [-0.4, -0.2) is 47.6 Å². The third kappa shape index (κ3) is 5.19. The van der Waals surface area contributed by atoms with Crippen LogP contribution in [0.5, 0.6) is 0 Å². The average molecular weight is 349 g/mol. The van der Waals surface area contributed by atoms with E-state index in [0.717, 1.165) is 25.1 Å². The van der Waals surface area contributed by atoms with Crippen molar-refractivity contribution in [2.45, 2.75) is 32.7 Å². The minimum absolute atomic E-state index is 0.0183. The number of likely N-dealkylation sites (tertiary alicyclic amines) is 1. The molecule has 1 atom stereocenters. The van der Waals surface area contributed by atoms with Gasteiger partial charge in [0.1, 0.15) is 0 Å². The third-order valence-electron chi connectivity index (χ3n) is 3.76. The minimum Gasteiger partial charge on any atom is -0.462 e. The second-order valence-corrected chi connectivity index (χ2v) is 6.10. The standard InChI is InChI=1S/C17H23N3O3S/c1-3-23-16(22)13-6-8-14(9-7-13)19-17(24)20-10-4-5-15(11-20)18-12(2)21/h6-9,15H,3-5,10-11H2,1-2H3,(H,18,21)(H,19,24). The molecule has 0 aromatic heterocycles. The van der Waals surface area contributed by atoms with E-state index in [-0.39, 0.29) is 17.9 Å². The summed E-state index contributed by atoms with van der Waals surface area (Å²) in [6, 6.07) is 7.14. The Balaban J connectivity index is 1.91. The van der Waals surface area contributed by atoms with E-state index >= 15 is 0 Å². The molecule has 0 aliphatic carbocycles. The normalized spacial score (nSPS) is 17.1. The van der Waals surface area contributed by atoms with Gasteiger partial charge < -0.3 is 20.3 Å². The molecule has 2 N–H and O–H groups in total. The van der Waals surface area contributed by atoms with Crippen molar-refractivity contribution in [1.29, 1.82) is 0 Å². The molecule has 130 valence electrons. The van der Waals surface area contributed by atoms with E-state index in [1.807, 2.05) is 0 Å². The predicted octanol–water partition coefficient (Wildman–Crippen LogP) is 2.16. The van der Waals surface area contributed by atoms with Crippen molar-refractivity contribution in [2.24, 2.45) is 0 Å². The second-order valence-electron chi connectivity index (χ2n) is 5.71. The first-order chi connectivity index (χ1) is 11.5. The van der Waals surface area contributed by atoms with Gasteiger partial charge >= 0.3 is 5.97 Å². The SMILES string of the molecule is CCOC(=O)c1ccc(NC(=S)N2CCCC(NC(C)=O)C2)cc1. The Hall–Kier alpha value is -2.15. The highest BCUT2D eigenvalue weighted by molar-refractivity contribution is 7.80. The Morgan fingerprint density at radius 1 is 1.33 bits per heavy atom. The number of anilines is 1. The van der Waals surface area contributed by atoms with Crippen LogP contribution in [0.1, 0.15) is 37.0 Å². The van der Waals surface area contributed by atoms with E-state index in [2.05, 4.69) is 15.5 Å². The summed E-state index contributed by atoms with van der Waals surface area (Å²) in [4.78, 5) is 24.9. The summed E-state index contributed by atoms with van der Waals surface area (Å²) in [5, 5.41) is 6.74. The summed E-state index contributed by atoms with van der Waals surface area (Å²) in [6.45, 7) is 5.22. The van der Waals surface area contributed by atoms with E-state index in [9.17, 15) is 9.59 Å². The number of nitrogens with zero attached hydrogens (tertiary/aromatic N) is 1. The van der Waals surface area contributed by atoms with Crippen LogP contribution >= 0.6 is 12.2 Å². The molecule has 1 aromatic carbocycles. The number of thiocarbonyl (C=S) groups is 1. The molecule has 6 nitrogen and oxygen atoms in total. The van der Waals surface area contributed by atoms with Crippen molar-refractivity contribution in [1.82, 2.24) is 10.2 Å². The maximum atomic E-state index is 11.6. The maximum Gasteiger partial charge on any atom is 0.338 e. The highest BCUT2D eigenvalue weighted by Gasteiger charge is 2.22. The molecular formula is C17H23N3O3S. The molecule has 1 saturated heterocycles. The number of carbonyl (C=O) groups excluding carboxylic acids is 2. The Morgan fingerprint density at radius 3 is 2.67 bits per heavy atom. The van der Waals surface area contributed by atoms with Gasteiger partial charge in [0.15, 0.2) is 5.11 Å². The number of piperidine rings is 1. The number of carbonyl (C=O) groups is 2. The molecular weight excluding hydrogens is 326 g/mol. The van der Waals surface area contributed by atoms with Crippen molar-refractivity contribution in [3.05, 3.63) is 29.8 Å². The van der Waals surface area contributed by atoms with Crippen molar-refractivity contribution < 1.29 is 14.3 Å². The summed E-state index contributed by atoms with van der Waals surface area (Å²) in [6.07, 6.45) is 1.95. The van der Waals surface area contributed by atoms with Gasteiger partial charge in [0, 0.05) is 31.7 Å². The maximum absolute atomic E-state index is 11.6. The van der Waals surface area contributed by atoms with Gasteiger partial charge in [0.25, 0.3) is 0 Å². The van der Waals surface area contributed by atoms with Crippen molar-refractivity contribution in [3.8, 4) is 0 Å². The Bertz CT molecular complexity index is 604. The first-order valence-corrected chi connectivity index (χ1v) is 8.50. The quantitative estimate of drug-likeness (QED) is 0.641.